The van der Waals surface area contributed by atoms with Crippen LogP contribution in [0, 0.1) is 5.92 Å². The molecule has 1 aliphatic rings. The van der Waals surface area contributed by atoms with E-state index in [0.717, 1.165) is 18.9 Å². The van der Waals surface area contributed by atoms with Crippen LogP contribution in [0.4, 0.5) is 18.9 Å². The van der Waals surface area contributed by atoms with E-state index in [9.17, 15) is 18.0 Å². The van der Waals surface area contributed by atoms with Gasteiger partial charge in [-0.05, 0) is 31.4 Å². The molecular weight excluding hydrogens is 321 g/mol. The summed E-state index contributed by atoms with van der Waals surface area (Å²) in [5.41, 5.74) is 5.83. The van der Waals surface area contributed by atoms with Crippen LogP contribution in [-0.4, -0.2) is 18.3 Å². The molecule has 1 aromatic rings. The molecule has 0 radical (unpaired) electrons. The van der Waals surface area contributed by atoms with Crippen LogP contribution in [0.2, 0.25) is 0 Å². The van der Waals surface area contributed by atoms with Crippen molar-refractivity contribution < 1.29 is 22.7 Å². The van der Waals surface area contributed by atoms with Crippen LogP contribution in [-0.2, 0) is 4.79 Å². The molecule has 0 bridgehead atoms. The molecule has 0 heterocycles. The first-order valence-corrected chi connectivity index (χ1v) is 6.76. The molecule has 2 atom stereocenters. The maximum Gasteiger partial charge on any atom is 0.573 e. The standard InChI is InChI=1S/C14H17F3N2O2.ClH/c15-14(16,17)21-12-7-2-1-6-11(12)19-13(20)9-4-3-5-10(18)8-9;/h1-2,6-7,9-10H,3-5,8,18H2,(H,19,20);1H. The summed E-state index contributed by atoms with van der Waals surface area (Å²) in [7, 11) is 0. The van der Waals surface area contributed by atoms with Gasteiger partial charge in [-0.25, -0.2) is 0 Å². The third kappa shape index (κ3) is 5.38. The number of carbonyl (C=O) groups is 1. The second-order valence-electron chi connectivity index (χ2n) is 5.16. The Morgan fingerprint density at radius 3 is 2.59 bits per heavy atom. The largest absolute Gasteiger partial charge is 0.573 e. The Labute approximate surface area is 132 Å². The molecule has 1 fully saturated rings. The van der Waals surface area contributed by atoms with E-state index >= 15 is 0 Å². The fourth-order valence-electron chi connectivity index (χ4n) is 2.48. The Morgan fingerprint density at radius 1 is 1.27 bits per heavy atom. The van der Waals surface area contributed by atoms with E-state index in [4.69, 9.17) is 5.73 Å². The van der Waals surface area contributed by atoms with Gasteiger partial charge in [0.25, 0.3) is 0 Å². The number of benzene rings is 1. The second-order valence-corrected chi connectivity index (χ2v) is 5.16. The Kier molecular flexibility index (Phi) is 6.49. The minimum atomic E-state index is -4.80. The fraction of sp³-hybridized carbons (Fsp3) is 0.500. The molecule has 22 heavy (non-hydrogen) atoms. The van der Waals surface area contributed by atoms with E-state index in [-0.39, 0.29) is 36.0 Å². The van der Waals surface area contributed by atoms with E-state index in [1.807, 2.05) is 0 Å². The van der Waals surface area contributed by atoms with Gasteiger partial charge in [0.05, 0.1) is 5.69 Å². The Bertz CT molecular complexity index is 511. The molecule has 2 unspecified atom stereocenters. The van der Waals surface area contributed by atoms with Crippen LogP contribution in [0.3, 0.4) is 0 Å². The number of amides is 1. The summed E-state index contributed by atoms with van der Waals surface area (Å²) in [6.45, 7) is 0. The zero-order valence-electron chi connectivity index (χ0n) is 11.7. The normalized spacial score (nSPS) is 21.6. The lowest BCUT2D eigenvalue weighted by Crippen LogP contribution is -2.34. The number of carbonyl (C=O) groups excluding carboxylic acids is 1. The average molecular weight is 339 g/mol. The summed E-state index contributed by atoms with van der Waals surface area (Å²) in [5, 5.41) is 2.50. The van der Waals surface area contributed by atoms with Gasteiger partial charge in [-0.1, -0.05) is 18.6 Å². The molecule has 3 N–H and O–H groups in total. The van der Waals surface area contributed by atoms with Gasteiger partial charge in [-0.3, -0.25) is 4.79 Å². The van der Waals surface area contributed by atoms with Crippen LogP contribution < -0.4 is 15.8 Å². The van der Waals surface area contributed by atoms with Crippen LogP contribution in [0.25, 0.3) is 0 Å². The monoisotopic (exact) mass is 338 g/mol. The smallest absolute Gasteiger partial charge is 0.404 e. The quantitative estimate of drug-likeness (QED) is 0.887. The van der Waals surface area contributed by atoms with Crippen molar-refractivity contribution in [2.24, 2.45) is 11.7 Å². The molecule has 1 aromatic carbocycles. The van der Waals surface area contributed by atoms with Crippen molar-refractivity contribution in [2.45, 2.75) is 38.1 Å². The van der Waals surface area contributed by atoms with Crippen molar-refractivity contribution in [1.29, 1.82) is 0 Å². The maximum atomic E-state index is 12.3. The first-order chi connectivity index (χ1) is 9.85. The summed E-state index contributed by atoms with van der Waals surface area (Å²) in [6, 6.07) is 5.45. The highest BCUT2D eigenvalue weighted by Crippen LogP contribution is 2.31. The van der Waals surface area contributed by atoms with E-state index < -0.39 is 12.1 Å². The first kappa shape index (κ1) is 18.6. The summed E-state index contributed by atoms with van der Waals surface area (Å²) < 4.78 is 40.8. The summed E-state index contributed by atoms with van der Waals surface area (Å²) in [5.74, 6) is -1.01. The zero-order valence-corrected chi connectivity index (χ0v) is 12.5. The molecular formula is C14H18ClF3N2O2. The minimum Gasteiger partial charge on any atom is -0.404 e. The van der Waals surface area contributed by atoms with Gasteiger partial charge in [0.1, 0.15) is 0 Å². The molecule has 1 saturated carbocycles. The summed E-state index contributed by atoms with van der Waals surface area (Å²) >= 11 is 0. The number of nitrogens with one attached hydrogen (secondary N) is 1. The molecule has 0 spiro atoms. The predicted octanol–water partition coefficient (Wildman–Crippen LogP) is 3.46. The fourth-order valence-corrected chi connectivity index (χ4v) is 2.48. The summed E-state index contributed by atoms with van der Waals surface area (Å²) in [4.78, 5) is 12.1. The lowest BCUT2D eigenvalue weighted by atomic mass is 9.85. The van der Waals surface area contributed by atoms with Crippen molar-refractivity contribution in [3.05, 3.63) is 24.3 Å². The van der Waals surface area contributed by atoms with Crippen molar-refractivity contribution >= 4 is 24.0 Å². The van der Waals surface area contributed by atoms with E-state index in [1.54, 1.807) is 0 Å². The number of rotatable bonds is 3. The lowest BCUT2D eigenvalue weighted by Gasteiger charge is -2.26. The zero-order chi connectivity index (χ0) is 15.5. The number of anilines is 1. The number of hydrogen-bond donors (Lipinski definition) is 2. The number of hydrogen-bond acceptors (Lipinski definition) is 3. The Morgan fingerprint density at radius 2 is 1.95 bits per heavy atom. The number of halogens is 4. The molecule has 1 aliphatic carbocycles. The number of nitrogens with two attached hydrogens (primary N) is 1. The van der Waals surface area contributed by atoms with Crippen molar-refractivity contribution in [3.8, 4) is 5.75 Å². The molecule has 8 heteroatoms. The molecule has 0 saturated heterocycles. The van der Waals surface area contributed by atoms with E-state index in [1.165, 1.54) is 18.2 Å². The van der Waals surface area contributed by atoms with Gasteiger partial charge in [0.15, 0.2) is 5.75 Å². The highest BCUT2D eigenvalue weighted by Gasteiger charge is 2.32. The van der Waals surface area contributed by atoms with Crippen LogP contribution >= 0.6 is 12.4 Å². The van der Waals surface area contributed by atoms with E-state index in [0.29, 0.717) is 12.8 Å². The summed E-state index contributed by atoms with van der Waals surface area (Å²) in [6.07, 6.45) is -1.83. The highest BCUT2D eigenvalue weighted by atomic mass is 35.5. The van der Waals surface area contributed by atoms with Gasteiger partial charge in [-0.2, -0.15) is 0 Å². The number of para-hydroxylation sites is 2. The number of ether oxygens (including phenoxy) is 1. The highest BCUT2D eigenvalue weighted by molar-refractivity contribution is 5.94. The number of alkyl halides is 3. The van der Waals surface area contributed by atoms with Gasteiger partial charge in [0, 0.05) is 12.0 Å². The molecule has 124 valence electrons. The van der Waals surface area contributed by atoms with Crippen LogP contribution in [0.5, 0.6) is 5.75 Å². The molecule has 2 rings (SSSR count). The van der Waals surface area contributed by atoms with Crippen molar-refractivity contribution in [2.75, 3.05) is 5.32 Å². The van der Waals surface area contributed by atoms with Gasteiger partial charge in [0.2, 0.25) is 5.91 Å². The third-order valence-corrected chi connectivity index (χ3v) is 3.46. The van der Waals surface area contributed by atoms with Gasteiger partial charge in [-0.15, -0.1) is 25.6 Å². The lowest BCUT2D eigenvalue weighted by molar-refractivity contribution is -0.274. The first-order valence-electron chi connectivity index (χ1n) is 6.76. The minimum absolute atomic E-state index is 0. The molecule has 4 nitrogen and oxygen atoms in total. The third-order valence-electron chi connectivity index (χ3n) is 3.46. The molecule has 0 aliphatic heterocycles. The predicted molar refractivity (Wildman–Crippen MR) is 78.9 cm³/mol. The van der Waals surface area contributed by atoms with Crippen LogP contribution in [0.15, 0.2) is 24.3 Å². The van der Waals surface area contributed by atoms with Crippen LogP contribution in [0.1, 0.15) is 25.7 Å². The molecule has 0 aromatic heterocycles. The Balaban J connectivity index is 0.00000242. The molecule has 1 amide bonds. The average Bonchev–Trinajstić information content (AvgIpc) is 2.39. The Hall–Kier alpha value is -1.47. The van der Waals surface area contributed by atoms with Gasteiger partial charge >= 0.3 is 6.36 Å². The topological polar surface area (TPSA) is 64.4 Å². The maximum absolute atomic E-state index is 12.3. The second kappa shape index (κ2) is 7.69. The van der Waals surface area contributed by atoms with E-state index in [2.05, 4.69) is 10.1 Å². The van der Waals surface area contributed by atoms with Crippen molar-refractivity contribution in [3.63, 3.8) is 0 Å². The van der Waals surface area contributed by atoms with Gasteiger partial charge < -0.3 is 15.8 Å². The SMILES string of the molecule is Cl.NC1CCCC(C(=O)Nc2ccccc2OC(F)(F)F)C1. The van der Waals surface area contributed by atoms with Crippen molar-refractivity contribution in [1.82, 2.24) is 0 Å².